The summed E-state index contributed by atoms with van der Waals surface area (Å²) in [5.41, 5.74) is 3.03. The van der Waals surface area contributed by atoms with E-state index in [1.807, 2.05) is 47.2 Å². The molecule has 0 atom stereocenters. The molecule has 0 unspecified atom stereocenters. The summed E-state index contributed by atoms with van der Waals surface area (Å²) < 4.78 is 26.8. The minimum atomic E-state index is -3.56. The first-order valence-electron chi connectivity index (χ1n) is 7.19. The van der Waals surface area contributed by atoms with Gasteiger partial charge in [0, 0.05) is 28.7 Å². The molecule has 0 saturated carbocycles. The molecule has 0 radical (unpaired) electrons. The smallest absolute Gasteiger partial charge is 0.234 e. The van der Waals surface area contributed by atoms with Crippen LogP contribution in [0.15, 0.2) is 65.0 Å². The molecular weight excluding hydrogens is 342 g/mol. The van der Waals surface area contributed by atoms with Crippen molar-refractivity contribution in [3.8, 4) is 11.3 Å². The third-order valence-corrected chi connectivity index (χ3v) is 4.97. The van der Waals surface area contributed by atoms with Crippen molar-refractivity contribution in [3.63, 3.8) is 0 Å². The molecule has 0 aliphatic rings. The number of nitrogens with one attached hydrogen (secondary N) is 1. The van der Waals surface area contributed by atoms with Gasteiger partial charge in [0.2, 0.25) is 10.0 Å². The van der Waals surface area contributed by atoms with E-state index in [0.29, 0.717) is 11.4 Å². The lowest BCUT2D eigenvalue weighted by molar-refractivity contribution is 0.590. The van der Waals surface area contributed by atoms with Crippen molar-refractivity contribution < 1.29 is 8.42 Å². The molecule has 0 fully saturated rings. The van der Waals surface area contributed by atoms with Crippen LogP contribution in [-0.2, 0) is 16.6 Å². The van der Waals surface area contributed by atoms with Gasteiger partial charge in [-0.2, -0.15) is 11.3 Å². The molecule has 0 aliphatic heterocycles. The summed E-state index contributed by atoms with van der Waals surface area (Å²) in [6, 6.07) is 11.2. The third-order valence-electron chi connectivity index (χ3n) is 3.25. The van der Waals surface area contributed by atoms with Gasteiger partial charge < -0.3 is 0 Å². The first-order valence-corrected chi connectivity index (χ1v) is 9.68. The normalized spacial score (nSPS) is 11.8. The van der Waals surface area contributed by atoms with E-state index in [4.69, 9.17) is 0 Å². The molecule has 2 heterocycles. The van der Waals surface area contributed by atoms with E-state index in [2.05, 4.69) is 14.7 Å². The van der Waals surface area contributed by atoms with Crippen LogP contribution in [0.25, 0.3) is 17.3 Å². The Labute approximate surface area is 144 Å². The first-order chi connectivity index (χ1) is 11.6. The molecule has 3 aromatic rings. The van der Waals surface area contributed by atoms with Crippen molar-refractivity contribution in [1.29, 1.82) is 0 Å². The summed E-state index contributed by atoms with van der Waals surface area (Å²) in [4.78, 5) is 8.55. The molecule has 24 heavy (non-hydrogen) atoms. The zero-order valence-electron chi connectivity index (χ0n) is 12.7. The maximum atomic E-state index is 12.1. The van der Waals surface area contributed by atoms with E-state index in [-0.39, 0.29) is 6.54 Å². The van der Waals surface area contributed by atoms with Crippen molar-refractivity contribution >= 4 is 27.4 Å². The van der Waals surface area contributed by atoms with Crippen LogP contribution in [0.5, 0.6) is 0 Å². The van der Waals surface area contributed by atoms with Gasteiger partial charge in [-0.15, -0.1) is 0 Å². The summed E-state index contributed by atoms with van der Waals surface area (Å²) in [5.74, 6) is 0. The van der Waals surface area contributed by atoms with Crippen LogP contribution >= 0.6 is 11.3 Å². The fourth-order valence-corrected chi connectivity index (χ4v) is 3.50. The maximum Gasteiger partial charge on any atom is 0.234 e. The van der Waals surface area contributed by atoms with Crippen LogP contribution in [-0.4, -0.2) is 18.4 Å². The SMILES string of the molecule is O=S(=O)(/C=C/c1ccccc1)NCc1nccnc1-c1ccsc1. The van der Waals surface area contributed by atoms with Gasteiger partial charge in [0.25, 0.3) is 0 Å². The number of benzene rings is 1. The highest BCUT2D eigenvalue weighted by Gasteiger charge is 2.11. The van der Waals surface area contributed by atoms with Gasteiger partial charge in [-0.05, 0) is 23.1 Å². The van der Waals surface area contributed by atoms with Crippen LogP contribution < -0.4 is 4.72 Å². The molecule has 5 nitrogen and oxygen atoms in total. The number of thiophene rings is 1. The van der Waals surface area contributed by atoms with Gasteiger partial charge in [0.1, 0.15) is 0 Å². The Morgan fingerprint density at radius 3 is 2.62 bits per heavy atom. The van der Waals surface area contributed by atoms with E-state index in [1.54, 1.807) is 29.8 Å². The number of aromatic nitrogens is 2. The summed E-state index contributed by atoms with van der Waals surface area (Å²) >= 11 is 1.55. The molecule has 122 valence electrons. The molecular formula is C17H15N3O2S2. The number of nitrogens with zero attached hydrogens (tertiary/aromatic N) is 2. The Kier molecular flexibility index (Phi) is 5.14. The summed E-state index contributed by atoms with van der Waals surface area (Å²) in [6.07, 6.45) is 4.71. The lowest BCUT2D eigenvalue weighted by Crippen LogP contribution is -2.21. The minimum absolute atomic E-state index is 0.0838. The lowest BCUT2D eigenvalue weighted by atomic mass is 10.2. The van der Waals surface area contributed by atoms with Crippen LogP contribution in [0, 0.1) is 0 Å². The van der Waals surface area contributed by atoms with Crippen LogP contribution in [0.4, 0.5) is 0 Å². The van der Waals surface area contributed by atoms with Crippen molar-refractivity contribution in [2.45, 2.75) is 6.54 Å². The Hall–Kier alpha value is -2.35. The van der Waals surface area contributed by atoms with Crippen molar-refractivity contribution in [2.75, 3.05) is 0 Å². The minimum Gasteiger partial charge on any atom is -0.256 e. The molecule has 0 bridgehead atoms. The molecule has 0 spiro atoms. The fraction of sp³-hybridized carbons (Fsp3) is 0.0588. The van der Waals surface area contributed by atoms with E-state index < -0.39 is 10.0 Å². The first kappa shape index (κ1) is 16.5. The highest BCUT2D eigenvalue weighted by molar-refractivity contribution is 7.92. The van der Waals surface area contributed by atoms with Crippen molar-refractivity contribution in [2.24, 2.45) is 0 Å². The second-order valence-corrected chi connectivity index (χ2v) is 7.37. The van der Waals surface area contributed by atoms with Gasteiger partial charge in [0.05, 0.1) is 17.9 Å². The van der Waals surface area contributed by atoms with Crippen LogP contribution in [0.2, 0.25) is 0 Å². The van der Waals surface area contributed by atoms with Crippen molar-refractivity contribution in [1.82, 2.24) is 14.7 Å². The Morgan fingerprint density at radius 2 is 1.88 bits per heavy atom. The standard InChI is InChI=1S/C17H15N3O2S2/c21-24(22,11-7-14-4-2-1-3-5-14)20-12-16-17(19-9-8-18-16)15-6-10-23-13-15/h1-11,13,20H,12H2/b11-7+. The number of hydrogen-bond donors (Lipinski definition) is 1. The number of sulfonamides is 1. The molecule has 1 aromatic carbocycles. The zero-order valence-corrected chi connectivity index (χ0v) is 14.3. The average Bonchev–Trinajstić information content (AvgIpc) is 3.14. The second-order valence-electron chi connectivity index (χ2n) is 4.94. The van der Waals surface area contributed by atoms with Gasteiger partial charge in [0.15, 0.2) is 0 Å². The average molecular weight is 357 g/mol. The lowest BCUT2D eigenvalue weighted by Gasteiger charge is -2.06. The molecule has 0 aliphatic carbocycles. The Balaban J connectivity index is 1.73. The molecule has 0 amide bonds. The summed E-state index contributed by atoms with van der Waals surface area (Å²) in [6.45, 7) is 0.0838. The molecule has 2 aromatic heterocycles. The largest absolute Gasteiger partial charge is 0.256 e. The number of rotatable bonds is 6. The molecule has 7 heteroatoms. The van der Waals surface area contributed by atoms with Crippen molar-refractivity contribution in [3.05, 3.63) is 76.2 Å². The third kappa shape index (κ3) is 4.35. The van der Waals surface area contributed by atoms with E-state index in [1.165, 1.54) is 0 Å². The summed E-state index contributed by atoms with van der Waals surface area (Å²) in [5, 5.41) is 5.06. The molecule has 1 N–H and O–H groups in total. The topological polar surface area (TPSA) is 72.0 Å². The van der Waals surface area contributed by atoms with Gasteiger partial charge in [-0.1, -0.05) is 30.3 Å². The Bertz CT molecular complexity index is 921. The number of hydrogen-bond acceptors (Lipinski definition) is 5. The predicted molar refractivity (Wildman–Crippen MR) is 96.6 cm³/mol. The van der Waals surface area contributed by atoms with Gasteiger partial charge >= 0.3 is 0 Å². The van der Waals surface area contributed by atoms with Crippen LogP contribution in [0.3, 0.4) is 0 Å². The highest BCUT2D eigenvalue weighted by Crippen LogP contribution is 2.22. The fourth-order valence-electron chi connectivity index (χ4n) is 2.09. The zero-order chi connectivity index (χ0) is 16.8. The predicted octanol–water partition coefficient (Wildman–Crippen LogP) is 3.30. The molecule has 3 rings (SSSR count). The Morgan fingerprint density at radius 1 is 1.08 bits per heavy atom. The van der Waals surface area contributed by atoms with Gasteiger partial charge in [-0.3, -0.25) is 9.97 Å². The van der Waals surface area contributed by atoms with E-state index in [0.717, 1.165) is 16.5 Å². The second kappa shape index (κ2) is 7.48. The van der Waals surface area contributed by atoms with Gasteiger partial charge in [-0.25, -0.2) is 13.1 Å². The highest BCUT2D eigenvalue weighted by atomic mass is 32.2. The molecule has 0 saturated heterocycles. The quantitative estimate of drug-likeness (QED) is 0.735. The van der Waals surface area contributed by atoms with Crippen LogP contribution in [0.1, 0.15) is 11.3 Å². The monoisotopic (exact) mass is 357 g/mol. The van der Waals surface area contributed by atoms with E-state index in [9.17, 15) is 8.42 Å². The maximum absolute atomic E-state index is 12.1. The van der Waals surface area contributed by atoms with E-state index >= 15 is 0 Å². The summed E-state index contributed by atoms with van der Waals surface area (Å²) in [7, 11) is -3.56.